The van der Waals surface area contributed by atoms with Gasteiger partial charge in [-0.2, -0.15) is 0 Å². The summed E-state index contributed by atoms with van der Waals surface area (Å²) in [6.45, 7) is 4.85. The zero-order chi connectivity index (χ0) is 39.1. The number of fused-ring (bicyclic) bond motifs is 10. The van der Waals surface area contributed by atoms with E-state index in [1.165, 1.54) is 82.7 Å². The maximum Gasteiger partial charge on any atom is 0.119 e. The molecule has 1 aliphatic carbocycles. The molecule has 0 radical (unpaired) electrons. The Labute approximate surface area is 338 Å². The summed E-state index contributed by atoms with van der Waals surface area (Å²) in [5.74, 6) is 2.27. The van der Waals surface area contributed by atoms with Crippen molar-refractivity contribution in [2.24, 2.45) is 0 Å². The maximum atomic E-state index is 5.61. The van der Waals surface area contributed by atoms with Crippen molar-refractivity contribution in [3.63, 3.8) is 0 Å². The minimum atomic E-state index is 0.267. The van der Waals surface area contributed by atoms with Crippen LogP contribution in [0.25, 0.3) is 88.4 Å². The average molecular weight is 751 g/mol. The second-order valence-electron chi connectivity index (χ2n) is 15.7. The molecule has 11 rings (SSSR count). The predicted molar refractivity (Wildman–Crippen MR) is 241 cm³/mol. The summed E-state index contributed by atoms with van der Waals surface area (Å²) < 4.78 is 16.2. The van der Waals surface area contributed by atoms with Gasteiger partial charge in [0.1, 0.15) is 11.5 Å². The highest BCUT2D eigenvalue weighted by Gasteiger charge is 2.33. The van der Waals surface area contributed by atoms with Gasteiger partial charge in [-0.1, -0.05) is 98.8 Å². The lowest BCUT2D eigenvalue weighted by atomic mass is 9.72. The Morgan fingerprint density at radius 2 is 0.931 bits per heavy atom. The molecular weight excluding hydrogens is 709 g/mol. The molecule has 0 spiro atoms. The van der Waals surface area contributed by atoms with Crippen LogP contribution in [0.4, 0.5) is 0 Å². The molecule has 2 aromatic heterocycles. The minimum Gasteiger partial charge on any atom is -0.497 e. The smallest absolute Gasteiger partial charge is 0.119 e. The first-order chi connectivity index (χ1) is 28.5. The van der Waals surface area contributed by atoms with Gasteiger partial charge in [0, 0.05) is 32.9 Å². The number of rotatable bonds is 6. The van der Waals surface area contributed by atoms with Crippen LogP contribution in [0.3, 0.4) is 0 Å². The Bertz CT molecular complexity index is 3170. The Kier molecular flexibility index (Phi) is 7.84. The van der Waals surface area contributed by atoms with Gasteiger partial charge < -0.3 is 18.6 Å². The number of hydrogen-bond acceptors (Lipinski definition) is 2. The molecular formula is C54H42N2O2. The van der Waals surface area contributed by atoms with Crippen LogP contribution in [0.1, 0.15) is 36.8 Å². The van der Waals surface area contributed by atoms with Crippen LogP contribution in [0, 0.1) is 0 Å². The highest BCUT2D eigenvalue weighted by Crippen LogP contribution is 2.53. The van der Waals surface area contributed by atoms with E-state index in [0.29, 0.717) is 0 Å². The lowest BCUT2D eigenvalue weighted by Gasteiger charge is -2.33. The highest BCUT2D eigenvalue weighted by molar-refractivity contribution is 6.15. The Morgan fingerprint density at radius 3 is 1.53 bits per heavy atom. The Morgan fingerprint density at radius 1 is 0.397 bits per heavy atom. The first-order valence-electron chi connectivity index (χ1n) is 20.1. The molecule has 4 heteroatoms. The molecule has 0 fully saturated rings. The van der Waals surface area contributed by atoms with E-state index in [9.17, 15) is 0 Å². The maximum absolute atomic E-state index is 5.61. The van der Waals surface area contributed by atoms with Gasteiger partial charge >= 0.3 is 0 Å². The van der Waals surface area contributed by atoms with Crippen molar-refractivity contribution in [3.8, 4) is 56.3 Å². The van der Waals surface area contributed by atoms with E-state index in [2.05, 4.69) is 181 Å². The monoisotopic (exact) mass is 750 g/mol. The van der Waals surface area contributed by atoms with Crippen molar-refractivity contribution >= 4 is 43.6 Å². The number of nitrogens with zero attached hydrogens (tertiary/aromatic N) is 2. The summed E-state index contributed by atoms with van der Waals surface area (Å²) in [6, 6.07) is 61.9. The first-order valence-corrected chi connectivity index (χ1v) is 20.1. The molecule has 8 aromatic carbocycles. The molecule has 58 heavy (non-hydrogen) atoms. The van der Waals surface area contributed by atoms with Gasteiger partial charge in [-0.25, -0.2) is 0 Å². The number of benzene rings is 8. The van der Waals surface area contributed by atoms with Crippen molar-refractivity contribution < 1.29 is 9.47 Å². The van der Waals surface area contributed by atoms with E-state index in [4.69, 9.17) is 9.47 Å². The van der Waals surface area contributed by atoms with Gasteiger partial charge in [-0.15, -0.1) is 0 Å². The van der Waals surface area contributed by atoms with Gasteiger partial charge in [0.2, 0.25) is 0 Å². The van der Waals surface area contributed by atoms with Crippen LogP contribution < -0.4 is 9.47 Å². The number of aromatic nitrogens is 2. The molecule has 2 atom stereocenters. The van der Waals surface area contributed by atoms with Crippen LogP contribution in [0.2, 0.25) is 0 Å². The molecule has 0 N–H and O–H groups in total. The molecule has 4 nitrogen and oxygen atoms in total. The predicted octanol–water partition coefficient (Wildman–Crippen LogP) is 14.1. The lowest BCUT2D eigenvalue weighted by Crippen LogP contribution is -2.15. The minimum absolute atomic E-state index is 0.267. The molecule has 0 aliphatic heterocycles. The number of para-hydroxylation sites is 2. The number of methoxy groups -OCH3 is 2. The quantitative estimate of drug-likeness (QED) is 0.169. The van der Waals surface area contributed by atoms with Crippen molar-refractivity contribution in [1.82, 2.24) is 9.13 Å². The summed E-state index contributed by atoms with van der Waals surface area (Å²) in [5, 5.41) is 5.04. The van der Waals surface area contributed by atoms with Gasteiger partial charge in [0.05, 0.1) is 36.3 Å². The molecule has 280 valence electrons. The van der Waals surface area contributed by atoms with Crippen LogP contribution in [0.5, 0.6) is 11.5 Å². The molecule has 10 aromatic rings. The van der Waals surface area contributed by atoms with Gasteiger partial charge in [-0.3, -0.25) is 0 Å². The van der Waals surface area contributed by atoms with E-state index in [1.807, 2.05) is 12.1 Å². The summed E-state index contributed by atoms with van der Waals surface area (Å²) in [7, 11) is 3.45. The fourth-order valence-electron chi connectivity index (χ4n) is 9.71. The van der Waals surface area contributed by atoms with Gasteiger partial charge in [0.25, 0.3) is 0 Å². The van der Waals surface area contributed by atoms with Crippen molar-refractivity contribution in [1.29, 1.82) is 0 Å². The normalized spacial score (nSPS) is 14.9. The van der Waals surface area contributed by atoms with Crippen LogP contribution in [-0.4, -0.2) is 23.4 Å². The molecule has 1 aliphatic rings. The number of ether oxygens (including phenoxy) is 2. The van der Waals surface area contributed by atoms with Gasteiger partial charge in [0.15, 0.2) is 0 Å². The SMILES string of the molecule is COc1cccc(-c2ccc3c(c2)c2cc4c(cc2n3-c2ccccc2)-c2ccc3c5cc(-c6cccc(OC)c6)ccc5n(-c5ccccc5)c3c2C(C)C4C)c1. The molecule has 2 unspecified atom stereocenters. The molecule has 2 heterocycles. The second kappa shape index (κ2) is 13.3. The summed E-state index contributed by atoms with van der Waals surface area (Å²) in [6.07, 6.45) is 0. The molecule has 0 amide bonds. The lowest BCUT2D eigenvalue weighted by molar-refractivity contribution is 0.415. The van der Waals surface area contributed by atoms with E-state index >= 15 is 0 Å². The van der Waals surface area contributed by atoms with E-state index in [1.54, 1.807) is 14.2 Å². The summed E-state index contributed by atoms with van der Waals surface area (Å²) in [5.41, 5.74) is 17.3. The third-order valence-electron chi connectivity index (χ3n) is 12.7. The fourth-order valence-corrected chi connectivity index (χ4v) is 9.71. The summed E-state index contributed by atoms with van der Waals surface area (Å²) >= 11 is 0. The Balaban J connectivity index is 1.19. The van der Waals surface area contributed by atoms with Crippen LogP contribution >= 0.6 is 0 Å². The van der Waals surface area contributed by atoms with Gasteiger partial charge in [-0.05, 0) is 141 Å². The van der Waals surface area contributed by atoms with Crippen molar-refractivity contribution in [2.75, 3.05) is 14.2 Å². The van der Waals surface area contributed by atoms with Crippen molar-refractivity contribution in [2.45, 2.75) is 25.7 Å². The Hall–Kier alpha value is -7.04. The van der Waals surface area contributed by atoms with E-state index in [0.717, 1.165) is 28.3 Å². The third-order valence-corrected chi connectivity index (χ3v) is 12.7. The van der Waals surface area contributed by atoms with E-state index < -0.39 is 0 Å². The zero-order valence-electron chi connectivity index (χ0n) is 33.0. The second-order valence-corrected chi connectivity index (χ2v) is 15.7. The molecule has 0 saturated carbocycles. The van der Waals surface area contributed by atoms with E-state index in [-0.39, 0.29) is 11.8 Å². The molecule has 0 bridgehead atoms. The topological polar surface area (TPSA) is 28.3 Å². The highest BCUT2D eigenvalue weighted by atomic mass is 16.5. The zero-order valence-corrected chi connectivity index (χ0v) is 33.0. The number of hydrogen-bond donors (Lipinski definition) is 0. The largest absolute Gasteiger partial charge is 0.497 e. The standard InChI is InChI=1S/C54H42N2O2/c1-33-34(2)53-43(23-24-44-47-29-37(35-13-11-19-41(27-35)57-3)22-26-51(47)56(54(44)53)40-17-9-6-10-18-40)46-32-52-49(31-45(33)46)48-30-38(36-14-12-20-42(28-36)58-4)21-25-50(48)55(52)39-15-7-5-8-16-39/h5-34H,1-4H3. The first kappa shape index (κ1) is 34.2. The fraction of sp³-hybridized carbons (Fsp3) is 0.111. The van der Waals surface area contributed by atoms with Crippen LogP contribution in [0.15, 0.2) is 170 Å². The molecule has 0 saturated heterocycles. The van der Waals surface area contributed by atoms with Crippen molar-refractivity contribution in [3.05, 3.63) is 181 Å². The average Bonchev–Trinajstić information content (AvgIpc) is 3.79. The van der Waals surface area contributed by atoms with Crippen LogP contribution in [-0.2, 0) is 0 Å². The summed E-state index contributed by atoms with van der Waals surface area (Å²) in [4.78, 5) is 0. The third kappa shape index (κ3) is 5.14.